The second-order valence-corrected chi connectivity index (χ2v) is 4.50. The first-order chi connectivity index (χ1) is 8.65. The molecule has 0 aromatic carbocycles. The van der Waals surface area contributed by atoms with E-state index in [1.165, 1.54) is 11.1 Å². The normalized spacial score (nSPS) is 12.9. The second kappa shape index (κ2) is 5.35. The second-order valence-electron chi connectivity index (χ2n) is 4.50. The molecule has 98 valence electrons. The quantitative estimate of drug-likeness (QED) is 0.869. The summed E-state index contributed by atoms with van der Waals surface area (Å²) < 4.78 is 3.72. The first kappa shape index (κ1) is 12.8. The first-order valence-electron chi connectivity index (χ1n) is 6.40. The minimum absolute atomic E-state index is 0.173. The highest BCUT2D eigenvalue weighted by molar-refractivity contribution is 5.31. The van der Waals surface area contributed by atoms with Gasteiger partial charge < -0.3 is 5.32 Å². The van der Waals surface area contributed by atoms with Crippen LogP contribution < -0.4 is 5.32 Å². The van der Waals surface area contributed by atoms with Crippen LogP contribution in [-0.4, -0.2) is 26.1 Å². The Kier molecular flexibility index (Phi) is 3.81. The molecular formula is C13H21N5. The van der Waals surface area contributed by atoms with Crippen molar-refractivity contribution in [1.82, 2.24) is 24.9 Å². The number of hydrogen-bond acceptors (Lipinski definition) is 3. The molecule has 0 saturated heterocycles. The van der Waals surface area contributed by atoms with Gasteiger partial charge in [0.05, 0.1) is 17.9 Å². The van der Waals surface area contributed by atoms with Gasteiger partial charge in [-0.1, -0.05) is 13.8 Å². The van der Waals surface area contributed by atoms with Crippen LogP contribution in [0.5, 0.6) is 0 Å². The van der Waals surface area contributed by atoms with Gasteiger partial charge in [0.1, 0.15) is 0 Å². The van der Waals surface area contributed by atoms with E-state index in [0.29, 0.717) is 0 Å². The van der Waals surface area contributed by atoms with E-state index >= 15 is 0 Å². The zero-order valence-electron chi connectivity index (χ0n) is 11.5. The van der Waals surface area contributed by atoms with Gasteiger partial charge in [-0.3, -0.25) is 9.36 Å². The lowest BCUT2D eigenvalue weighted by atomic mass is 10.0. The van der Waals surface area contributed by atoms with Gasteiger partial charge >= 0.3 is 0 Å². The summed E-state index contributed by atoms with van der Waals surface area (Å²) in [6.45, 7) is 5.17. The van der Waals surface area contributed by atoms with Crippen LogP contribution in [-0.2, 0) is 20.5 Å². The molecular weight excluding hydrogens is 226 g/mol. The lowest BCUT2D eigenvalue weighted by molar-refractivity contribution is 0.624. The van der Waals surface area contributed by atoms with Crippen molar-refractivity contribution in [1.29, 1.82) is 0 Å². The Morgan fingerprint density at radius 3 is 2.56 bits per heavy atom. The average Bonchev–Trinajstić information content (AvgIpc) is 2.92. The molecule has 2 aromatic rings. The number of aromatic nitrogens is 4. The van der Waals surface area contributed by atoms with Crippen LogP contribution in [0.2, 0.25) is 0 Å². The summed E-state index contributed by atoms with van der Waals surface area (Å²) in [6.07, 6.45) is 7.01. The molecule has 0 bridgehead atoms. The van der Waals surface area contributed by atoms with Crippen molar-refractivity contribution in [3.63, 3.8) is 0 Å². The summed E-state index contributed by atoms with van der Waals surface area (Å²) in [7, 11) is 3.91. The molecule has 1 N–H and O–H groups in total. The van der Waals surface area contributed by atoms with Gasteiger partial charge in [0.25, 0.3) is 0 Å². The van der Waals surface area contributed by atoms with Crippen LogP contribution in [0.1, 0.15) is 36.7 Å². The van der Waals surface area contributed by atoms with E-state index in [2.05, 4.69) is 41.8 Å². The van der Waals surface area contributed by atoms with Crippen LogP contribution in [0.15, 0.2) is 18.6 Å². The topological polar surface area (TPSA) is 47.7 Å². The molecule has 0 radical (unpaired) electrons. The van der Waals surface area contributed by atoms with Crippen molar-refractivity contribution in [3.8, 4) is 0 Å². The molecule has 0 aliphatic carbocycles. The van der Waals surface area contributed by atoms with E-state index in [1.54, 1.807) is 0 Å². The van der Waals surface area contributed by atoms with Crippen molar-refractivity contribution in [3.05, 3.63) is 35.4 Å². The third-order valence-corrected chi connectivity index (χ3v) is 3.05. The summed E-state index contributed by atoms with van der Waals surface area (Å²) in [6, 6.07) is 0.173. The number of nitrogens with zero attached hydrogens (tertiary/aromatic N) is 4. The van der Waals surface area contributed by atoms with Crippen molar-refractivity contribution in [2.75, 3.05) is 6.54 Å². The number of aryl methyl sites for hydroxylation is 3. The monoisotopic (exact) mass is 247 g/mol. The van der Waals surface area contributed by atoms with E-state index < -0.39 is 0 Å². The molecule has 2 aromatic heterocycles. The Morgan fingerprint density at radius 2 is 2.00 bits per heavy atom. The van der Waals surface area contributed by atoms with Gasteiger partial charge in [-0.2, -0.15) is 10.2 Å². The van der Waals surface area contributed by atoms with E-state index in [4.69, 9.17) is 0 Å². The fourth-order valence-electron chi connectivity index (χ4n) is 2.27. The highest BCUT2D eigenvalue weighted by atomic mass is 15.3. The zero-order chi connectivity index (χ0) is 13.1. The maximum atomic E-state index is 4.51. The van der Waals surface area contributed by atoms with Gasteiger partial charge in [0, 0.05) is 37.6 Å². The Balaban J connectivity index is 2.40. The summed E-state index contributed by atoms with van der Waals surface area (Å²) >= 11 is 0. The highest BCUT2D eigenvalue weighted by Gasteiger charge is 2.19. The van der Waals surface area contributed by atoms with Crippen LogP contribution in [0.25, 0.3) is 0 Å². The lowest BCUT2D eigenvalue weighted by Gasteiger charge is -2.16. The Labute approximate surface area is 108 Å². The maximum Gasteiger partial charge on any atom is 0.0673 e. The van der Waals surface area contributed by atoms with E-state index in [9.17, 15) is 0 Å². The minimum atomic E-state index is 0.173. The average molecular weight is 247 g/mol. The van der Waals surface area contributed by atoms with Crippen LogP contribution in [0.3, 0.4) is 0 Å². The molecule has 5 heteroatoms. The molecule has 2 heterocycles. The number of nitrogens with one attached hydrogen (secondary N) is 1. The van der Waals surface area contributed by atoms with Crippen molar-refractivity contribution in [2.45, 2.75) is 26.3 Å². The minimum Gasteiger partial charge on any atom is -0.306 e. The van der Waals surface area contributed by atoms with Gasteiger partial charge in [-0.25, -0.2) is 0 Å². The molecule has 1 unspecified atom stereocenters. The Hall–Kier alpha value is -1.62. The number of rotatable bonds is 5. The lowest BCUT2D eigenvalue weighted by Crippen LogP contribution is -2.22. The van der Waals surface area contributed by atoms with Crippen LogP contribution >= 0.6 is 0 Å². The largest absolute Gasteiger partial charge is 0.306 e. The fourth-order valence-corrected chi connectivity index (χ4v) is 2.27. The predicted octanol–water partition coefficient (Wildman–Crippen LogP) is 1.41. The van der Waals surface area contributed by atoms with Gasteiger partial charge in [-0.15, -0.1) is 0 Å². The molecule has 0 amide bonds. The standard InChI is InChI=1S/C13H21N5/c1-5-12-11(9-18(4)16-12)13(14-6-2)10-7-15-17(3)8-10/h7-9,13-14H,5-6H2,1-4H3. The van der Waals surface area contributed by atoms with Gasteiger partial charge in [0.15, 0.2) is 0 Å². The smallest absolute Gasteiger partial charge is 0.0673 e. The van der Waals surface area contributed by atoms with E-state index in [1.807, 2.05) is 29.7 Å². The Bertz CT molecular complexity index is 511. The fraction of sp³-hybridized carbons (Fsp3) is 0.538. The van der Waals surface area contributed by atoms with Crippen LogP contribution in [0.4, 0.5) is 0 Å². The number of hydrogen-bond donors (Lipinski definition) is 1. The summed E-state index contributed by atoms with van der Waals surface area (Å²) in [5.41, 5.74) is 3.57. The van der Waals surface area contributed by atoms with Gasteiger partial charge in [0.2, 0.25) is 0 Å². The Morgan fingerprint density at radius 1 is 1.22 bits per heavy atom. The summed E-state index contributed by atoms with van der Waals surface area (Å²) in [4.78, 5) is 0. The van der Waals surface area contributed by atoms with Crippen LogP contribution in [0, 0.1) is 0 Å². The molecule has 0 aliphatic heterocycles. The van der Waals surface area contributed by atoms with Crippen molar-refractivity contribution in [2.24, 2.45) is 14.1 Å². The third kappa shape index (κ3) is 2.46. The molecule has 0 saturated carbocycles. The maximum absolute atomic E-state index is 4.51. The van der Waals surface area contributed by atoms with E-state index in [0.717, 1.165) is 18.7 Å². The summed E-state index contributed by atoms with van der Waals surface area (Å²) in [5.74, 6) is 0. The van der Waals surface area contributed by atoms with E-state index in [-0.39, 0.29) is 6.04 Å². The predicted molar refractivity (Wildman–Crippen MR) is 71.3 cm³/mol. The summed E-state index contributed by atoms with van der Waals surface area (Å²) in [5, 5.41) is 12.3. The molecule has 0 spiro atoms. The van der Waals surface area contributed by atoms with Crippen molar-refractivity contribution < 1.29 is 0 Å². The van der Waals surface area contributed by atoms with Crippen molar-refractivity contribution >= 4 is 0 Å². The highest BCUT2D eigenvalue weighted by Crippen LogP contribution is 2.24. The molecule has 0 fully saturated rings. The van der Waals surface area contributed by atoms with Gasteiger partial charge in [-0.05, 0) is 13.0 Å². The molecule has 1 atom stereocenters. The molecule has 18 heavy (non-hydrogen) atoms. The third-order valence-electron chi connectivity index (χ3n) is 3.05. The molecule has 0 aliphatic rings. The SMILES string of the molecule is CCNC(c1cnn(C)c1)c1cn(C)nc1CC. The molecule has 5 nitrogen and oxygen atoms in total. The first-order valence-corrected chi connectivity index (χ1v) is 6.40. The molecule has 2 rings (SSSR count). The zero-order valence-corrected chi connectivity index (χ0v) is 11.5.